The number of ether oxygens (including phenoxy) is 2. The highest BCUT2D eigenvalue weighted by Gasteiger charge is 2.30. The average Bonchev–Trinajstić information content (AvgIpc) is 3.00. The van der Waals surface area contributed by atoms with E-state index in [4.69, 9.17) is 9.47 Å². The molecular weight excluding hydrogens is 318 g/mol. The van der Waals surface area contributed by atoms with E-state index in [0.717, 1.165) is 26.1 Å². The van der Waals surface area contributed by atoms with Gasteiger partial charge in [0, 0.05) is 44.4 Å². The molecule has 2 saturated heterocycles. The Labute approximate surface area is 149 Å². The van der Waals surface area contributed by atoms with Crippen LogP contribution in [-0.2, 0) is 20.7 Å². The summed E-state index contributed by atoms with van der Waals surface area (Å²) in [5, 5.41) is 3.17. The van der Waals surface area contributed by atoms with Crippen molar-refractivity contribution in [2.45, 2.75) is 44.9 Å². The lowest BCUT2D eigenvalue weighted by Gasteiger charge is -2.35. The number of amides is 1. The molecule has 1 amide bonds. The molecule has 2 aliphatic rings. The van der Waals surface area contributed by atoms with Crippen molar-refractivity contribution < 1.29 is 14.3 Å². The van der Waals surface area contributed by atoms with Gasteiger partial charge in [-0.2, -0.15) is 0 Å². The van der Waals surface area contributed by atoms with E-state index in [9.17, 15) is 4.79 Å². The Hall–Kier alpha value is -1.50. The molecule has 3 rings (SSSR count). The molecule has 0 aromatic carbocycles. The summed E-state index contributed by atoms with van der Waals surface area (Å²) < 4.78 is 11.3. The van der Waals surface area contributed by atoms with Gasteiger partial charge in [-0.05, 0) is 38.0 Å². The largest absolute Gasteiger partial charge is 0.379 e. The molecular formula is C19H29N3O3. The minimum atomic E-state index is 0.100. The molecule has 4 atom stereocenters. The molecule has 138 valence electrons. The van der Waals surface area contributed by atoms with Crippen molar-refractivity contribution in [2.24, 2.45) is 5.92 Å². The van der Waals surface area contributed by atoms with E-state index < -0.39 is 0 Å². The monoisotopic (exact) mass is 347 g/mol. The molecule has 0 radical (unpaired) electrons. The van der Waals surface area contributed by atoms with Crippen LogP contribution < -0.4 is 5.32 Å². The van der Waals surface area contributed by atoms with Gasteiger partial charge in [0.05, 0.1) is 31.5 Å². The average molecular weight is 347 g/mol. The van der Waals surface area contributed by atoms with Crippen LogP contribution in [0.3, 0.4) is 0 Å². The maximum atomic E-state index is 12.4. The predicted molar refractivity (Wildman–Crippen MR) is 95.2 cm³/mol. The zero-order valence-electron chi connectivity index (χ0n) is 15.2. The van der Waals surface area contributed by atoms with Crippen LogP contribution in [0.5, 0.6) is 0 Å². The molecule has 1 N–H and O–H groups in total. The van der Waals surface area contributed by atoms with Crippen molar-refractivity contribution in [3.63, 3.8) is 0 Å². The molecule has 0 spiro atoms. The number of carbonyl (C=O) groups excluding carboxylic acids is 1. The predicted octanol–water partition coefficient (Wildman–Crippen LogP) is 1.25. The molecule has 1 aromatic heterocycles. The van der Waals surface area contributed by atoms with Crippen LogP contribution in [0.1, 0.15) is 25.8 Å². The fourth-order valence-corrected chi connectivity index (χ4v) is 3.79. The van der Waals surface area contributed by atoms with Crippen molar-refractivity contribution in [1.82, 2.24) is 15.2 Å². The maximum Gasteiger partial charge on any atom is 0.221 e. The molecule has 0 bridgehead atoms. The Bertz CT molecular complexity index is 544. The molecule has 6 nitrogen and oxygen atoms in total. The van der Waals surface area contributed by atoms with Gasteiger partial charge in [0.1, 0.15) is 0 Å². The third-order valence-electron chi connectivity index (χ3n) is 4.94. The Morgan fingerprint density at radius 3 is 2.68 bits per heavy atom. The van der Waals surface area contributed by atoms with Crippen molar-refractivity contribution in [3.8, 4) is 0 Å². The number of hydrogen-bond donors (Lipinski definition) is 1. The normalized spacial score (nSPS) is 30.3. The van der Waals surface area contributed by atoms with Gasteiger partial charge in [-0.25, -0.2) is 0 Å². The fourth-order valence-electron chi connectivity index (χ4n) is 3.79. The van der Waals surface area contributed by atoms with Gasteiger partial charge in [-0.1, -0.05) is 0 Å². The summed E-state index contributed by atoms with van der Waals surface area (Å²) in [6.45, 7) is 8.06. The summed E-state index contributed by atoms with van der Waals surface area (Å²) in [4.78, 5) is 18.7. The summed E-state index contributed by atoms with van der Waals surface area (Å²) in [5.74, 6) is 0.441. The number of rotatable bonds is 6. The van der Waals surface area contributed by atoms with Crippen LogP contribution in [-0.4, -0.2) is 66.9 Å². The van der Waals surface area contributed by atoms with Crippen LogP contribution in [0.25, 0.3) is 0 Å². The highest BCUT2D eigenvalue weighted by Crippen LogP contribution is 2.19. The number of hydrogen-bond acceptors (Lipinski definition) is 5. The number of morpholine rings is 1. The van der Waals surface area contributed by atoms with E-state index in [1.165, 1.54) is 5.56 Å². The molecule has 1 aromatic rings. The number of aromatic nitrogens is 1. The smallest absolute Gasteiger partial charge is 0.221 e. The number of nitrogens with one attached hydrogen (secondary N) is 1. The highest BCUT2D eigenvalue weighted by molar-refractivity contribution is 5.76. The topological polar surface area (TPSA) is 63.7 Å². The summed E-state index contributed by atoms with van der Waals surface area (Å²) in [6.07, 6.45) is 5.52. The van der Waals surface area contributed by atoms with E-state index in [1.54, 1.807) is 0 Å². The molecule has 0 saturated carbocycles. The molecule has 0 unspecified atom stereocenters. The van der Waals surface area contributed by atoms with Gasteiger partial charge in [-0.15, -0.1) is 0 Å². The second kappa shape index (κ2) is 8.74. The van der Waals surface area contributed by atoms with Gasteiger partial charge < -0.3 is 14.8 Å². The zero-order chi connectivity index (χ0) is 17.6. The van der Waals surface area contributed by atoms with Crippen LogP contribution in [0.15, 0.2) is 24.5 Å². The molecule has 6 heteroatoms. The third-order valence-corrected chi connectivity index (χ3v) is 4.94. The van der Waals surface area contributed by atoms with Crippen LogP contribution in [0.4, 0.5) is 0 Å². The zero-order valence-corrected chi connectivity index (χ0v) is 15.2. The van der Waals surface area contributed by atoms with Crippen LogP contribution in [0.2, 0.25) is 0 Å². The lowest BCUT2D eigenvalue weighted by molar-refractivity contribution is -0.123. The van der Waals surface area contributed by atoms with E-state index >= 15 is 0 Å². The highest BCUT2D eigenvalue weighted by atomic mass is 16.5. The second-order valence-corrected chi connectivity index (χ2v) is 7.30. The van der Waals surface area contributed by atoms with Gasteiger partial charge in [0.25, 0.3) is 0 Å². The molecule has 0 aliphatic carbocycles. The summed E-state index contributed by atoms with van der Waals surface area (Å²) in [7, 11) is 0. The van der Waals surface area contributed by atoms with Gasteiger partial charge in [0.2, 0.25) is 5.91 Å². The Kier molecular flexibility index (Phi) is 6.39. The Morgan fingerprint density at radius 2 is 1.96 bits per heavy atom. The van der Waals surface area contributed by atoms with Gasteiger partial charge in [-0.3, -0.25) is 14.7 Å². The third kappa shape index (κ3) is 5.49. The lowest BCUT2D eigenvalue weighted by Crippen LogP contribution is -2.47. The first-order valence-electron chi connectivity index (χ1n) is 9.24. The van der Waals surface area contributed by atoms with Crippen LogP contribution in [0, 0.1) is 5.92 Å². The minimum absolute atomic E-state index is 0.100. The van der Waals surface area contributed by atoms with Gasteiger partial charge >= 0.3 is 0 Å². The van der Waals surface area contributed by atoms with E-state index in [0.29, 0.717) is 25.6 Å². The van der Waals surface area contributed by atoms with E-state index in [-0.39, 0.29) is 24.2 Å². The summed E-state index contributed by atoms with van der Waals surface area (Å²) in [6, 6.07) is 4.15. The number of pyridine rings is 1. The molecule has 2 aliphatic heterocycles. The summed E-state index contributed by atoms with van der Waals surface area (Å²) >= 11 is 0. The lowest BCUT2D eigenvalue weighted by atomic mass is 9.95. The standard InChI is InChI=1S/C19H29N3O3/c1-14-10-22(11-15(2)25-14)8-5-19(23)21-18-13-24-12-17(18)9-16-3-6-20-7-4-16/h3-4,6-7,14-15,17-18H,5,8-13H2,1-2H3,(H,21,23)/t14-,15+,17-,18+/m1/s1. The van der Waals surface area contributed by atoms with E-state index in [2.05, 4.69) is 29.0 Å². The number of nitrogens with zero attached hydrogens (tertiary/aromatic N) is 2. The quantitative estimate of drug-likeness (QED) is 0.839. The molecule has 25 heavy (non-hydrogen) atoms. The fraction of sp³-hybridized carbons (Fsp3) is 0.684. The van der Waals surface area contributed by atoms with Crippen molar-refractivity contribution in [1.29, 1.82) is 0 Å². The van der Waals surface area contributed by atoms with Crippen molar-refractivity contribution >= 4 is 5.91 Å². The maximum absolute atomic E-state index is 12.4. The first-order chi connectivity index (χ1) is 12.1. The second-order valence-electron chi connectivity index (χ2n) is 7.30. The van der Waals surface area contributed by atoms with Crippen molar-refractivity contribution in [3.05, 3.63) is 30.1 Å². The number of carbonyl (C=O) groups is 1. The Balaban J connectivity index is 1.43. The Morgan fingerprint density at radius 1 is 1.24 bits per heavy atom. The minimum Gasteiger partial charge on any atom is -0.379 e. The first-order valence-corrected chi connectivity index (χ1v) is 9.24. The molecule has 2 fully saturated rings. The van der Waals surface area contributed by atoms with Crippen LogP contribution >= 0.6 is 0 Å². The molecule has 3 heterocycles. The summed E-state index contributed by atoms with van der Waals surface area (Å²) in [5.41, 5.74) is 1.24. The SMILES string of the molecule is C[C@@H]1CN(CCC(=O)N[C@H]2COC[C@H]2Cc2ccncc2)C[C@H](C)O1. The van der Waals surface area contributed by atoms with Gasteiger partial charge in [0.15, 0.2) is 0 Å². The first kappa shape index (κ1) is 18.3. The van der Waals surface area contributed by atoms with Crippen molar-refractivity contribution in [2.75, 3.05) is 32.8 Å². The van der Waals surface area contributed by atoms with E-state index in [1.807, 2.05) is 24.5 Å².